The molecule has 1 aromatic rings. The molecule has 0 aromatic carbocycles. The van der Waals surface area contributed by atoms with Gasteiger partial charge in [-0.2, -0.15) is 0 Å². The normalized spacial score (nSPS) is 14.6. The van der Waals surface area contributed by atoms with E-state index in [0.29, 0.717) is 6.42 Å². The van der Waals surface area contributed by atoms with Crippen LogP contribution < -0.4 is 10.6 Å². The SMILES string of the molecule is CCC(=O)Nc1ccc(NCCC2=CCCCC2)nc1. The third-order valence-corrected chi connectivity index (χ3v) is 3.51. The lowest BCUT2D eigenvalue weighted by atomic mass is 9.97. The number of amides is 1. The number of hydrogen-bond donors (Lipinski definition) is 2. The van der Waals surface area contributed by atoms with Gasteiger partial charge in [-0.3, -0.25) is 4.79 Å². The Morgan fingerprint density at radius 3 is 2.90 bits per heavy atom. The molecule has 0 fully saturated rings. The Hall–Kier alpha value is -1.84. The Balaban J connectivity index is 1.75. The fourth-order valence-electron chi connectivity index (χ4n) is 2.30. The highest BCUT2D eigenvalue weighted by molar-refractivity contribution is 5.90. The Morgan fingerprint density at radius 1 is 1.35 bits per heavy atom. The molecule has 4 heteroatoms. The zero-order valence-electron chi connectivity index (χ0n) is 12.1. The maximum Gasteiger partial charge on any atom is 0.224 e. The van der Waals surface area contributed by atoms with Crippen molar-refractivity contribution in [2.75, 3.05) is 17.2 Å². The summed E-state index contributed by atoms with van der Waals surface area (Å²) in [7, 11) is 0. The van der Waals surface area contributed by atoms with Crippen LogP contribution in [0.5, 0.6) is 0 Å². The molecule has 2 N–H and O–H groups in total. The molecule has 0 radical (unpaired) electrons. The molecular formula is C16H23N3O. The Morgan fingerprint density at radius 2 is 2.25 bits per heavy atom. The van der Waals surface area contributed by atoms with E-state index in [-0.39, 0.29) is 5.91 Å². The molecule has 1 aromatic heterocycles. The van der Waals surface area contributed by atoms with Gasteiger partial charge in [-0.15, -0.1) is 0 Å². The van der Waals surface area contributed by atoms with Crippen molar-refractivity contribution < 1.29 is 4.79 Å². The molecule has 0 saturated heterocycles. The predicted molar refractivity (Wildman–Crippen MR) is 82.8 cm³/mol. The Bertz CT molecular complexity index is 465. The quantitative estimate of drug-likeness (QED) is 0.776. The van der Waals surface area contributed by atoms with Crippen molar-refractivity contribution in [3.8, 4) is 0 Å². The van der Waals surface area contributed by atoms with Gasteiger partial charge in [0.1, 0.15) is 5.82 Å². The molecule has 2 rings (SSSR count). The van der Waals surface area contributed by atoms with Crippen LogP contribution in [0.3, 0.4) is 0 Å². The summed E-state index contributed by atoms with van der Waals surface area (Å²) in [4.78, 5) is 15.6. The first-order valence-electron chi connectivity index (χ1n) is 7.45. The van der Waals surface area contributed by atoms with Gasteiger partial charge >= 0.3 is 0 Å². The lowest BCUT2D eigenvalue weighted by Gasteiger charge is -2.13. The molecule has 1 aliphatic rings. The van der Waals surface area contributed by atoms with E-state index < -0.39 is 0 Å². The van der Waals surface area contributed by atoms with E-state index in [9.17, 15) is 4.79 Å². The van der Waals surface area contributed by atoms with Gasteiger partial charge in [0.25, 0.3) is 0 Å². The lowest BCUT2D eigenvalue weighted by Crippen LogP contribution is -2.10. The minimum atomic E-state index is 0.0109. The number of pyridine rings is 1. The summed E-state index contributed by atoms with van der Waals surface area (Å²) in [6, 6.07) is 3.78. The van der Waals surface area contributed by atoms with Crippen LogP contribution in [-0.2, 0) is 4.79 Å². The number of carbonyl (C=O) groups is 1. The average molecular weight is 273 g/mol. The Kier molecular flexibility index (Phi) is 5.59. The number of anilines is 2. The first-order chi connectivity index (χ1) is 9.78. The van der Waals surface area contributed by atoms with E-state index in [2.05, 4.69) is 21.7 Å². The summed E-state index contributed by atoms with van der Waals surface area (Å²) in [5, 5.41) is 6.11. The van der Waals surface area contributed by atoms with Crippen LogP contribution in [0.2, 0.25) is 0 Å². The molecule has 108 valence electrons. The van der Waals surface area contributed by atoms with Crippen molar-refractivity contribution in [3.63, 3.8) is 0 Å². The van der Waals surface area contributed by atoms with Crippen molar-refractivity contribution in [1.82, 2.24) is 4.98 Å². The van der Waals surface area contributed by atoms with Gasteiger partial charge in [-0.05, 0) is 44.2 Å². The monoisotopic (exact) mass is 273 g/mol. The molecule has 0 unspecified atom stereocenters. The van der Waals surface area contributed by atoms with Crippen molar-refractivity contribution in [3.05, 3.63) is 30.0 Å². The average Bonchev–Trinajstić information content (AvgIpc) is 2.50. The molecule has 0 aliphatic heterocycles. The van der Waals surface area contributed by atoms with Gasteiger partial charge in [-0.25, -0.2) is 4.98 Å². The van der Waals surface area contributed by atoms with Crippen LogP contribution in [0.4, 0.5) is 11.5 Å². The van der Waals surface area contributed by atoms with Crippen LogP contribution >= 0.6 is 0 Å². The summed E-state index contributed by atoms with van der Waals surface area (Å²) >= 11 is 0. The van der Waals surface area contributed by atoms with Crippen molar-refractivity contribution in [2.45, 2.75) is 45.4 Å². The number of rotatable bonds is 6. The standard InChI is InChI=1S/C16H23N3O/c1-2-16(20)19-14-8-9-15(18-12-14)17-11-10-13-6-4-3-5-7-13/h6,8-9,12H,2-5,7,10-11H2,1H3,(H,17,18)(H,19,20). The highest BCUT2D eigenvalue weighted by atomic mass is 16.1. The number of nitrogens with one attached hydrogen (secondary N) is 2. The molecule has 0 bridgehead atoms. The summed E-state index contributed by atoms with van der Waals surface area (Å²) < 4.78 is 0. The molecule has 1 aliphatic carbocycles. The second-order valence-corrected chi connectivity index (χ2v) is 5.12. The van der Waals surface area contributed by atoms with Crippen LogP contribution in [0.1, 0.15) is 45.4 Å². The third-order valence-electron chi connectivity index (χ3n) is 3.51. The van der Waals surface area contributed by atoms with E-state index in [1.165, 1.54) is 25.7 Å². The maximum atomic E-state index is 11.3. The summed E-state index contributed by atoms with van der Waals surface area (Å²) in [6.07, 6.45) is 10.8. The van der Waals surface area contributed by atoms with Gasteiger partial charge in [-0.1, -0.05) is 18.6 Å². The maximum absolute atomic E-state index is 11.3. The molecule has 20 heavy (non-hydrogen) atoms. The minimum absolute atomic E-state index is 0.0109. The zero-order valence-corrected chi connectivity index (χ0v) is 12.1. The van der Waals surface area contributed by atoms with Crippen LogP contribution in [0.15, 0.2) is 30.0 Å². The third kappa shape index (κ3) is 4.68. The highest BCUT2D eigenvalue weighted by Gasteiger charge is 2.03. The molecule has 0 spiro atoms. The van der Waals surface area contributed by atoms with E-state index in [1.807, 2.05) is 19.1 Å². The summed E-state index contributed by atoms with van der Waals surface area (Å²) in [6.45, 7) is 2.75. The van der Waals surface area contributed by atoms with Crippen molar-refractivity contribution >= 4 is 17.4 Å². The fraction of sp³-hybridized carbons (Fsp3) is 0.500. The lowest BCUT2D eigenvalue weighted by molar-refractivity contribution is -0.115. The summed E-state index contributed by atoms with van der Waals surface area (Å²) in [5.74, 6) is 0.868. The van der Waals surface area contributed by atoms with Crippen LogP contribution in [-0.4, -0.2) is 17.4 Å². The van der Waals surface area contributed by atoms with Crippen molar-refractivity contribution in [1.29, 1.82) is 0 Å². The van der Waals surface area contributed by atoms with Gasteiger partial charge in [0.05, 0.1) is 11.9 Å². The topological polar surface area (TPSA) is 54.0 Å². The zero-order chi connectivity index (χ0) is 14.2. The molecule has 0 saturated carbocycles. The molecule has 0 atom stereocenters. The van der Waals surface area contributed by atoms with Crippen LogP contribution in [0, 0.1) is 0 Å². The first kappa shape index (κ1) is 14.6. The number of carbonyl (C=O) groups excluding carboxylic acids is 1. The second-order valence-electron chi connectivity index (χ2n) is 5.12. The second kappa shape index (κ2) is 7.68. The smallest absolute Gasteiger partial charge is 0.224 e. The van der Waals surface area contributed by atoms with E-state index in [0.717, 1.165) is 24.5 Å². The number of aromatic nitrogens is 1. The predicted octanol–water partition coefficient (Wildman–Crippen LogP) is 3.73. The minimum Gasteiger partial charge on any atom is -0.370 e. The van der Waals surface area contributed by atoms with Crippen molar-refractivity contribution in [2.24, 2.45) is 0 Å². The highest BCUT2D eigenvalue weighted by Crippen LogP contribution is 2.20. The van der Waals surface area contributed by atoms with Gasteiger partial charge in [0.15, 0.2) is 0 Å². The van der Waals surface area contributed by atoms with Crippen LogP contribution in [0.25, 0.3) is 0 Å². The molecular weight excluding hydrogens is 250 g/mol. The van der Waals surface area contributed by atoms with Gasteiger partial charge in [0, 0.05) is 13.0 Å². The first-order valence-corrected chi connectivity index (χ1v) is 7.45. The van der Waals surface area contributed by atoms with E-state index >= 15 is 0 Å². The van der Waals surface area contributed by atoms with Gasteiger partial charge < -0.3 is 10.6 Å². The molecule has 4 nitrogen and oxygen atoms in total. The number of hydrogen-bond acceptors (Lipinski definition) is 3. The van der Waals surface area contributed by atoms with E-state index in [4.69, 9.17) is 0 Å². The molecule has 1 heterocycles. The Labute approximate surface area is 120 Å². The largest absolute Gasteiger partial charge is 0.370 e. The molecule has 1 amide bonds. The van der Waals surface area contributed by atoms with E-state index in [1.54, 1.807) is 11.8 Å². The fourth-order valence-corrected chi connectivity index (χ4v) is 2.30. The number of allylic oxidation sites excluding steroid dienone is 1. The summed E-state index contributed by atoms with van der Waals surface area (Å²) in [5.41, 5.74) is 2.31. The number of nitrogens with zero attached hydrogens (tertiary/aromatic N) is 1. The van der Waals surface area contributed by atoms with Gasteiger partial charge in [0.2, 0.25) is 5.91 Å².